The lowest BCUT2D eigenvalue weighted by molar-refractivity contribution is 0.102. The van der Waals surface area contributed by atoms with Gasteiger partial charge in [0.25, 0.3) is 5.91 Å². The van der Waals surface area contributed by atoms with E-state index in [4.69, 9.17) is 5.26 Å². The summed E-state index contributed by atoms with van der Waals surface area (Å²) in [6.45, 7) is 0. The Morgan fingerprint density at radius 3 is 2.57 bits per heavy atom. The number of carbonyl (C=O) groups is 1. The highest BCUT2D eigenvalue weighted by Crippen LogP contribution is 2.24. The molecule has 2 heterocycles. The van der Waals surface area contributed by atoms with Crippen molar-refractivity contribution in [1.29, 1.82) is 5.26 Å². The van der Waals surface area contributed by atoms with E-state index in [1.165, 1.54) is 0 Å². The SMILES string of the molecule is N#Cc1ccc(NC(=O)c2ccnc(Nc3cccc4cccnc34)c2)cc1. The molecule has 0 spiro atoms. The van der Waals surface area contributed by atoms with Gasteiger partial charge in [-0.15, -0.1) is 0 Å². The number of hydrogen-bond acceptors (Lipinski definition) is 5. The monoisotopic (exact) mass is 365 g/mol. The fraction of sp³-hybridized carbons (Fsp3) is 0. The van der Waals surface area contributed by atoms with Gasteiger partial charge in [-0.25, -0.2) is 4.98 Å². The van der Waals surface area contributed by atoms with E-state index in [0.29, 0.717) is 22.6 Å². The molecule has 2 N–H and O–H groups in total. The molecule has 0 aliphatic heterocycles. The number of fused-ring (bicyclic) bond motifs is 1. The molecule has 0 saturated carbocycles. The summed E-state index contributed by atoms with van der Waals surface area (Å²) in [6, 6.07) is 21.8. The summed E-state index contributed by atoms with van der Waals surface area (Å²) in [5.74, 6) is 0.289. The highest BCUT2D eigenvalue weighted by Gasteiger charge is 2.09. The fourth-order valence-corrected chi connectivity index (χ4v) is 2.81. The number of aromatic nitrogens is 2. The maximum atomic E-state index is 12.5. The minimum Gasteiger partial charge on any atom is -0.338 e. The summed E-state index contributed by atoms with van der Waals surface area (Å²) in [4.78, 5) is 21.3. The van der Waals surface area contributed by atoms with Crippen LogP contribution in [0.25, 0.3) is 10.9 Å². The Morgan fingerprint density at radius 1 is 0.929 bits per heavy atom. The first-order valence-electron chi connectivity index (χ1n) is 8.61. The molecule has 0 fully saturated rings. The standard InChI is InChI=1S/C22H15N5O/c23-14-15-6-8-18(9-7-15)26-22(28)17-10-12-24-20(13-17)27-19-5-1-3-16-4-2-11-25-21(16)19/h1-13H,(H,24,27)(H,26,28). The molecule has 0 bridgehead atoms. The topological polar surface area (TPSA) is 90.7 Å². The van der Waals surface area contributed by atoms with E-state index in [1.54, 1.807) is 48.8 Å². The third kappa shape index (κ3) is 3.64. The van der Waals surface area contributed by atoms with Gasteiger partial charge < -0.3 is 10.6 Å². The lowest BCUT2D eigenvalue weighted by atomic mass is 10.2. The Balaban J connectivity index is 1.55. The van der Waals surface area contributed by atoms with Crippen molar-refractivity contribution in [3.63, 3.8) is 0 Å². The first-order valence-corrected chi connectivity index (χ1v) is 8.61. The molecule has 0 aliphatic rings. The second-order valence-electron chi connectivity index (χ2n) is 6.08. The van der Waals surface area contributed by atoms with Crippen molar-refractivity contribution >= 4 is 34.0 Å². The first-order chi connectivity index (χ1) is 13.7. The molecule has 0 atom stereocenters. The normalized spacial score (nSPS) is 10.2. The van der Waals surface area contributed by atoms with Crippen LogP contribution >= 0.6 is 0 Å². The van der Waals surface area contributed by atoms with Gasteiger partial charge in [-0.3, -0.25) is 9.78 Å². The summed E-state index contributed by atoms with van der Waals surface area (Å²) in [5, 5.41) is 15.9. The smallest absolute Gasteiger partial charge is 0.255 e. The molecule has 6 heteroatoms. The van der Waals surface area contributed by atoms with E-state index < -0.39 is 0 Å². The third-order valence-electron chi connectivity index (χ3n) is 4.19. The van der Waals surface area contributed by atoms with Gasteiger partial charge in [0.15, 0.2) is 0 Å². The molecule has 4 aromatic rings. The van der Waals surface area contributed by atoms with Gasteiger partial charge in [0, 0.05) is 29.0 Å². The molecule has 0 radical (unpaired) electrons. The van der Waals surface area contributed by atoms with Crippen LogP contribution in [0.5, 0.6) is 0 Å². The highest BCUT2D eigenvalue weighted by molar-refractivity contribution is 6.04. The van der Waals surface area contributed by atoms with Crippen LogP contribution in [-0.2, 0) is 0 Å². The van der Waals surface area contributed by atoms with Crippen LogP contribution in [0.2, 0.25) is 0 Å². The van der Waals surface area contributed by atoms with Crippen molar-refractivity contribution in [3.05, 3.63) is 90.3 Å². The predicted octanol–water partition coefficient (Wildman–Crippen LogP) is 4.50. The Labute approximate surface area is 161 Å². The summed E-state index contributed by atoms with van der Waals surface area (Å²) in [6.07, 6.45) is 3.32. The number of amides is 1. The minimum atomic E-state index is -0.258. The molecule has 1 amide bonds. The third-order valence-corrected chi connectivity index (χ3v) is 4.19. The average molecular weight is 365 g/mol. The lowest BCUT2D eigenvalue weighted by Gasteiger charge is -2.10. The highest BCUT2D eigenvalue weighted by atomic mass is 16.1. The Bertz CT molecular complexity index is 1190. The zero-order valence-corrected chi connectivity index (χ0v) is 14.8. The van der Waals surface area contributed by atoms with Gasteiger partial charge in [-0.1, -0.05) is 18.2 Å². The van der Waals surface area contributed by atoms with E-state index in [-0.39, 0.29) is 5.91 Å². The molecule has 2 aromatic carbocycles. The van der Waals surface area contributed by atoms with Crippen molar-refractivity contribution in [2.45, 2.75) is 0 Å². The number of hydrogen-bond donors (Lipinski definition) is 2. The maximum absolute atomic E-state index is 12.5. The molecule has 2 aromatic heterocycles. The van der Waals surface area contributed by atoms with Gasteiger partial charge in [-0.2, -0.15) is 5.26 Å². The fourth-order valence-electron chi connectivity index (χ4n) is 2.81. The van der Waals surface area contributed by atoms with Crippen LogP contribution in [0.3, 0.4) is 0 Å². The molecule has 0 saturated heterocycles. The number of benzene rings is 2. The van der Waals surface area contributed by atoms with Crippen molar-refractivity contribution in [2.24, 2.45) is 0 Å². The number of nitriles is 1. The number of carbonyl (C=O) groups excluding carboxylic acids is 1. The van der Waals surface area contributed by atoms with E-state index in [2.05, 4.69) is 20.6 Å². The van der Waals surface area contributed by atoms with Crippen molar-refractivity contribution in [1.82, 2.24) is 9.97 Å². The molecule has 0 unspecified atom stereocenters. The molecular formula is C22H15N5O. The predicted molar refractivity (Wildman–Crippen MR) is 108 cm³/mol. The summed E-state index contributed by atoms with van der Waals surface area (Å²) in [7, 11) is 0. The van der Waals surface area contributed by atoms with Gasteiger partial charge >= 0.3 is 0 Å². The Morgan fingerprint density at radius 2 is 1.75 bits per heavy atom. The van der Waals surface area contributed by atoms with E-state index >= 15 is 0 Å². The van der Waals surface area contributed by atoms with Crippen molar-refractivity contribution in [2.75, 3.05) is 10.6 Å². The van der Waals surface area contributed by atoms with Crippen LogP contribution in [0.1, 0.15) is 15.9 Å². The van der Waals surface area contributed by atoms with Crippen molar-refractivity contribution in [3.8, 4) is 6.07 Å². The van der Waals surface area contributed by atoms with Gasteiger partial charge in [0.2, 0.25) is 0 Å². The zero-order valence-electron chi connectivity index (χ0n) is 14.8. The molecule has 4 rings (SSSR count). The second-order valence-corrected chi connectivity index (χ2v) is 6.08. The average Bonchev–Trinajstić information content (AvgIpc) is 2.75. The van der Waals surface area contributed by atoms with Crippen molar-refractivity contribution < 1.29 is 4.79 Å². The number of nitrogens with one attached hydrogen (secondary N) is 2. The van der Waals surface area contributed by atoms with Gasteiger partial charge in [0.05, 0.1) is 22.8 Å². The second kappa shape index (κ2) is 7.56. The van der Waals surface area contributed by atoms with Crippen LogP contribution in [0.15, 0.2) is 79.1 Å². The minimum absolute atomic E-state index is 0.258. The molecule has 6 nitrogen and oxygen atoms in total. The number of nitrogens with zero attached hydrogens (tertiary/aromatic N) is 3. The zero-order chi connectivity index (χ0) is 19.3. The lowest BCUT2D eigenvalue weighted by Crippen LogP contribution is -2.12. The molecule has 28 heavy (non-hydrogen) atoms. The first kappa shape index (κ1) is 17.2. The number of anilines is 3. The van der Waals surface area contributed by atoms with Crippen LogP contribution < -0.4 is 10.6 Å². The number of para-hydroxylation sites is 1. The van der Waals surface area contributed by atoms with Gasteiger partial charge in [0.1, 0.15) is 5.82 Å². The largest absolute Gasteiger partial charge is 0.338 e. The molecular weight excluding hydrogens is 350 g/mol. The van der Waals surface area contributed by atoms with E-state index in [0.717, 1.165) is 16.6 Å². The summed E-state index contributed by atoms with van der Waals surface area (Å²) >= 11 is 0. The summed E-state index contributed by atoms with van der Waals surface area (Å²) < 4.78 is 0. The Hall–Kier alpha value is -4.24. The quantitative estimate of drug-likeness (QED) is 0.556. The van der Waals surface area contributed by atoms with E-state index in [9.17, 15) is 4.79 Å². The Kier molecular flexibility index (Phi) is 4.64. The van der Waals surface area contributed by atoms with Crippen LogP contribution in [0.4, 0.5) is 17.2 Å². The molecule has 134 valence electrons. The molecule has 0 aliphatic carbocycles. The number of pyridine rings is 2. The number of rotatable bonds is 4. The maximum Gasteiger partial charge on any atom is 0.255 e. The van der Waals surface area contributed by atoms with Crippen LogP contribution in [0, 0.1) is 11.3 Å². The van der Waals surface area contributed by atoms with Gasteiger partial charge in [-0.05, 0) is 48.5 Å². The van der Waals surface area contributed by atoms with Crippen LogP contribution in [-0.4, -0.2) is 15.9 Å². The van der Waals surface area contributed by atoms with E-state index in [1.807, 2.05) is 36.4 Å². The summed E-state index contributed by atoms with van der Waals surface area (Å²) in [5.41, 5.74) is 3.27.